The number of fused-ring (bicyclic) bond motifs is 1. The highest BCUT2D eigenvalue weighted by Gasteiger charge is 2.18. The van der Waals surface area contributed by atoms with Crippen LogP contribution >= 0.6 is 0 Å². The third-order valence-corrected chi connectivity index (χ3v) is 6.35. The summed E-state index contributed by atoms with van der Waals surface area (Å²) in [6.07, 6.45) is 1.41. The van der Waals surface area contributed by atoms with Crippen LogP contribution in [0.2, 0.25) is 0 Å². The first-order chi connectivity index (χ1) is 15.7. The molecule has 2 heterocycles. The van der Waals surface area contributed by atoms with Gasteiger partial charge in [0.25, 0.3) is 15.6 Å². The van der Waals surface area contributed by atoms with Crippen LogP contribution in [0.4, 0.5) is 11.4 Å². The fourth-order valence-corrected chi connectivity index (χ4v) is 4.42. The molecule has 0 aliphatic carbocycles. The Bertz CT molecular complexity index is 1590. The lowest BCUT2D eigenvalue weighted by Gasteiger charge is -2.11. The van der Waals surface area contributed by atoms with E-state index in [0.29, 0.717) is 5.69 Å². The lowest BCUT2D eigenvalue weighted by atomic mass is 10.3. The van der Waals surface area contributed by atoms with Gasteiger partial charge in [0, 0.05) is 19.8 Å². The van der Waals surface area contributed by atoms with E-state index in [1.165, 1.54) is 46.8 Å². The summed E-state index contributed by atoms with van der Waals surface area (Å²) < 4.78 is 31.0. The van der Waals surface area contributed by atoms with Crippen molar-refractivity contribution in [3.05, 3.63) is 81.8 Å². The van der Waals surface area contributed by atoms with Gasteiger partial charge in [0.2, 0.25) is 5.91 Å². The van der Waals surface area contributed by atoms with Crippen molar-refractivity contribution in [3.8, 4) is 0 Å². The number of benzene rings is 2. The lowest BCUT2D eigenvalue weighted by Crippen LogP contribution is -2.42. The number of nitrogens with one attached hydrogen (secondary N) is 2. The Morgan fingerprint density at radius 1 is 1.00 bits per heavy atom. The normalized spacial score (nSPS) is 11.5. The number of amides is 1. The number of sulfonamides is 1. The number of anilines is 2. The van der Waals surface area contributed by atoms with E-state index in [1.54, 1.807) is 37.4 Å². The molecule has 0 saturated heterocycles. The first-order valence-electron chi connectivity index (χ1n) is 9.76. The minimum atomic E-state index is -3.80. The van der Waals surface area contributed by atoms with Crippen molar-refractivity contribution in [2.75, 3.05) is 10.0 Å². The predicted molar refractivity (Wildman–Crippen MR) is 123 cm³/mol. The summed E-state index contributed by atoms with van der Waals surface area (Å²) >= 11 is 0. The first kappa shape index (κ1) is 22.0. The zero-order valence-corrected chi connectivity index (χ0v) is 18.5. The molecule has 0 unspecified atom stereocenters. The summed E-state index contributed by atoms with van der Waals surface area (Å²) in [6, 6.07) is 13.9. The van der Waals surface area contributed by atoms with E-state index in [9.17, 15) is 22.8 Å². The van der Waals surface area contributed by atoms with Crippen molar-refractivity contribution in [1.82, 2.24) is 18.7 Å². The van der Waals surface area contributed by atoms with E-state index < -0.39 is 33.7 Å². The van der Waals surface area contributed by atoms with Gasteiger partial charge in [0.05, 0.1) is 16.9 Å². The summed E-state index contributed by atoms with van der Waals surface area (Å²) in [5.41, 5.74) is -0.357. The molecule has 4 aromatic rings. The molecule has 2 aromatic heterocycles. The summed E-state index contributed by atoms with van der Waals surface area (Å²) in [7, 11) is -0.718. The highest BCUT2D eigenvalue weighted by molar-refractivity contribution is 7.92. The van der Waals surface area contributed by atoms with Crippen molar-refractivity contribution >= 4 is 38.5 Å². The maximum atomic E-state index is 12.7. The van der Waals surface area contributed by atoms with Gasteiger partial charge < -0.3 is 9.88 Å². The Morgan fingerprint density at radius 3 is 2.42 bits per heavy atom. The van der Waals surface area contributed by atoms with Gasteiger partial charge in [-0.1, -0.05) is 24.3 Å². The Morgan fingerprint density at radius 2 is 1.70 bits per heavy atom. The van der Waals surface area contributed by atoms with Crippen molar-refractivity contribution in [1.29, 1.82) is 0 Å². The Hall–Kier alpha value is -4.19. The number of carbonyl (C=O) groups excluding carboxylic acids is 1. The number of imidazole rings is 1. The van der Waals surface area contributed by atoms with Crippen LogP contribution in [0, 0.1) is 0 Å². The second kappa shape index (κ2) is 8.39. The molecule has 0 bridgehead atoms. The maximum Gasteiger partial charge on any atom is 0.332 e. The minimum Gasteiger partial charge on any atom is -0.328 e. The SMILES string of the molecule is Cn1cnc2c1c(=O)n(CC(=O)Nc1cccc(NS(=O)(=O)c3ccccc3)c1)c(=O)n2C. The molecule has 2 N–H and O–H groups in total. The summed E-state index contributed by atoms with van der Waals surface area (Å²) in [5.74, 6) is -0.626. The van der Waals surface area contributed by atoms with Crippen molar-refractivity contribution in [3.63, 3.8) is 0 Å². The first-order valence-corrected chi connectivity index (χ1v) is 11.2. The highest BCUT2D eigenvalue weighted by atomic mass is 32.2. The molecule has 12 heteroatoms. The summed E-state index contributed by atoms with van der Waals surface area (Å²) in [6.45, 7) is -0.521. The average molecular weight is 468 g/mol. The molecule has 0 spiro atoms. The molecule has 0 radical (unpaired) electrons. The molecular formula is C21H20N6O5S. The van der Waals surface area contributed by atoms with Crippen molar-refractivity contribution in [2.24, 2.45) is 14.1 Å². The van der Waals surface area contributed by atoms with Crippen LogP contribution in [0.15, 0.2) is 75.4 Å². The predicted octanol–water partition coefficient (Wildman–Crippen LogP) is 0.873. The molecule has 170 valence electrons. The van der Waals surface area contributed by atoms with Crippen LogP contribution in [0.5, 0.6) is 0 Å². The fraction of sp³-hybridized carbons (Fsp3) is 0.143. The van der Waals surface area contributed by atoms with Gasteiger partial charge >= 0.3 is 5.69 Å². The smallest absolute Gasteiger partial charge is 0.328 e. The molecule has 0 atom stereocenters. The van der Waals surface area contributed by atoms with Crippen LogP contribution in [-0.4, -0.2) is 33.0 Å². The quantitative estimate of drug-likeness (QED) is 0.431. The van der Waals surface area contributed by atoms with Crippen LogP contribution < -0.4 is 21.3 Å². The zero-order chi connectivity index (χ0) is 23.8. The van der Waals surface area contributed by atoms with E-state index in [-0.39, 0.29) is 21.7 Å². The molecule has 0 fully saturated rings. The fourth-order valence-electron chi connectivity index (χ4n) is 3.35. The highest BCUT2D eigenvalue weighted by Crippen LogP contribution is 2.19. The van der Waals surface area contributed by atoms with E-state index >= 15 is 0 Å². The lowest BCUT2D eigenvalue weighted by molar-refractivity contribution is -0.116. The molecule has 33 heavy (non-hydrogen) atoms. The van der Waals surface area contributed by atoms with E-state index in [1.807, 2.05) is 0 Å². The average Bonchev–Trinajstić information content (AvgIpc) is 3.17. The number of nitrogens with zero attached hydrogens (tertiary/aromatic N) is 4. The molecule has 0 saturated carbocycles. The summed E-state index contributed by atoms with van der Waals surface area (Å²) in [5, 5.41) is 2.58. The van der Waals surface area contributed by atoms with Crippen molar-refractivity contribution < 1.29 is 13.2 Å². The molecule has 0 aliphatic rings. The zero-order valence-electron chi connectivity index (χ0n) is 17.7. The van der Waals surface area contributed by atoms with Gasteiger partial charge in [-0.05, 0) is 30.3 Å². The molecule has 11 nitrogen and oxygen atoms in total. The van der Waals surface area contributed by atoms with E-state index in [4.69, 9.17) is 0 Å². The van der Waals surface area contributed by atoms with Gasteiger partial charge in [0.1, 0.15) is 6.54 Å². The number of aromatic nitrogens is 4. The summed E-state index contributed by atoms with van der Waals surface area (Å²) in [4.78, 5) is 42.1. The minimum absolute atomic E-state index is 0.0974. The van der Waals surface area contributed by atoms with Gasteiger partial charge in [-0.2, -0.15) is 0 Å². The van der Waals surface area contributed by atoms with Gasteiger partial charge in [0.15, 0.2) is 11.2 Å². The monoisotopic (exact) mass is 468 g/mol. The van der Waals surface area contributed by atoms with Crippen LogP contribution in [0.1, 0.15) is 0 Å². The number of hydrogen-bond donors (Lipinski definition) is 2. The molecule has 1 amide bonds. The number of aryl methyl sites for hydroxylation is 2. The third kappa shape index (κ3) is 4.28. The topological polar surface area (TPSA) is 137 Å². The number of carbonyl (C=O) groups is 1. The molecular weight excluding hydrogens is 448 g/mol. The number of hydrogen-bond acceptors (Lipinski definition) is 6. The third-order valence-electron chi connectivity index (χ3n) is 4.95. The van der Waals surface area contributed by atoms with Gasteiger partial charge in [-0.25, -0.2) is 22.8 Å². The van der Waals surface area contributed by atoms with Gasteiger partial charge in [-0.15, -0.1) is 0 Å². The van der Waals surface area contributed by atoms with Gasteiger partial charge in [-0.3, -0.25) is 18.9 Å². The van der Waals surface area contributed by atoms with E-state index in [0.717, 1.165) is 4.57 Å². The molecule has 2 aromatic carbocycles. The Balaban J connectivity index is 1.55. The Kier molecular flexibility index (Phi) is 5.60. The second-order valence-corrected chi connectivity index (χ2v) is 8.99. The second-order valence-electron chi connectivity index (χ2n) is 7.31. The van der Waals surface area contributed by atoms with E-state index in [2.05, 4.69) is 15.0 Å². The van der Waals surface area contributed by atoms with Crippen LogP contribution in [0.3, 0.4) is 0 Å². The standard InChI is InChI=1S/C21H20N6O5S/c1-25-13-22-19-18(25)20(29)27(21(30)26(19)2)12-17(28)23-14-7-6-8-15(11-14)24-33(31,32)16-9-4-3-5-10-16/h3-11,13,24H,12H2,1-2H3,(H,23,28). The molecule has 4 rings (SSSR count). The Labute approximate surface area is 188 Å². The number of rotatable bonds is 6. The molecule has 0 aliphatic heterocycles. The van der Waals surface area contributed by atoms with Crippen LogP contribution in [0.25, 0.3) is 11.2 Å². The van der Waals surface area contributed by atoms with Crippen molar-refractivity contribution in [2.45, 2.75) is 11.4 Å². The largest absolute Gasteiger partial charge is 0.332 e. The maximum absolute atomic E-state index is 12.7. The van der Waals surface area contributed by atoms with Crippen LogP contribution in [-0.2, 0) is 35.5 Å².